The molecule has 0 unspecified atom stereocenters. The Morgan fingerprint density at radius 2 is 1.92 bits per heavy atom. The fourth-order valence-corrected chi connectivity index (χ4v) is 4.35. The van der Waals surface area contributed by atoms with Gasteiger partial charge in [0, 0.05) is 24.5 Å². The first-order valence-corrected chi connectivity index (χ1v) is 8.65. The smallest absolute Gasteiger partial charge is 0.340 e. The van der Waals surface area contributed by atoms with E-state index in [0.29, 0.717) is 18.0 Å². The van der Waals surface area contributed by atoms with Crippen LogP contribution < -0.4 is 16.5 Å². The van der Waals surface area contributed by atoms with E-state index >= 15 is 0 Å². The Balaban J connectivity index is 1.60. The highest BCUT2D eigenvalue weighted by atomic mass is 32.1. The molecule has 0 radical (unpaired) electrons. The van der Waals surface area contributed by atoms with Gasteiger partial charge in [-0.25, -0.2) is 4.79 Å². The molecule has 3 heterocycles. The number of anilines is 1. The number of carbonyl (C=O) groups is 1. The maximum absolute atomic E-state index is 11.7. The van der Waals surface area contributed by atoms with Gasteiger partial charge in [-0.15, -0.1) is 11.3 Å². The van der Waals surface area contributed by atoms with Gasteiger partial charge in [-0.2, -0.15) is 4.68 Å². The highest BCUT2D eigenvalue weighted by Gasteiger charge is 2.29. The third kappa shape index (κ3) is 2.90. The van der Waals surface area contributed by atoms with Crippen LogP contribution in [-0.2, 0) is 19.5 Å². The number of nitrogens with zero attached hydrogens (tertiary/aromatic N) is 2. The summed E-state index contributed by atoms with van der Waals surface area (Å²) in [5, 5.41) is 9.89. The van der Waals surface area contributed by atoms with E-state index in [0.717, 1.165) is 28.2 Å². The van der Waals surface area contributed by atoms with Crippen LogP contribution in [0.5, 0.6) is 0 Å². The Labute approximate surface area is 146 Å². The summed E-state index contributed by atoms with van der Waals surface area (Å²) in [5.41, 5.74) is 3.53. The number of aromatic nitrogens is 1. The number of aromatic carboxylic acids is 1. The predicted molar refractivity (Wildman–Crippen MR) is 93.9 cm³/mol. The fraction of sp³-hybridized carbons (Fsp3) is 0.235. The first kappa shape index (κ1) is 15.8. The zero-order valence-electron chi connectivity index (χ0n) is 13.2. The van der Waals surface area contributed by atoms with E-state index in [9.17, 15) is 19.5 Å². The number of thiophene rings is 1. The Morgan fingerprint density at radius 1 is 1.20 bits per heavy atom. The Hall–Kier alpha value is -2.71. The zero-order chi connectivity index (χ0) is 17.6. The summed E-state index contributed by atoms with van der Waals surface area (Å²) in [4.78, 5) is 37.2. The van der Waals surface area contributed by atoms with Gasteiger partial charge in [-0.3, -0.25) is 19.9 Å². The summed E-state index contributed by atoms with van der Waals surface area (Å²) >= 11 is 1.30. The van der Waals surface area contributed by atoms with E-state index in [4.69, 9.17) is 0 Å². The minimum absolute atomic E-state index is 0.173. The van der Waals surface area contributed by atoms with Crippen LogP contribution in [0.2, 0.25) is 0 Å². The van der Waals surface area contributed by atoms with E-state index in [2.05, 4.69) is 22.5 Å². The third-order valence-corrected chi connectivity index (χ3v) is 5.47. The molecule has 0 bridgehead atoms. The lowest BCUT2D eigenvalue weighted by Crippen LogP contribution is -2.29. The van der Waals surface area contributed by atoms with Gasteiger partial charge in [-0.1, -0.05) is 30.3 Å². The molecular formula is C17H15N3O4S. The fourth-order valence-electron chi connectivity index (χ4n) is 3.08. The number of nitrogens with one attached hydrogen (secondary N) is 1. The van der Waals surface area contributed by atoms with E-state index in [1.54, 1.807) is 0 Å². The first-order valence-electron chi connectivity index (χ1n) is 7.84. The number of carboxylic acids is 1. The average molecular weight is 357 g/mol. The van der Waals surface area contributed by atoms with Gasteiger partial charge in [0.15, 0.2) is 0 Å². The second-order valence-electron chi connectivity index (χ2n) is 6.02. The summed E-state index contributed by atoms with van der Waals surface area (Å²) < 4.78 is 0.839. The van der Waals surface area contributed by atoms with Crippen LogP contribution in [-0.4, -0.2) is 27.2 Å². The molecule has 1 aromatic carbocycles. The number of fused-ring (bicyclic) bond motifs is 1. The molecule has 0 amide bonds. The SMILES string of the molecule is O=C(O)c1c(Nn2c(=O)c2=O)sc2c1CCN(Cc1ccccc1)C2. The van der Waals surface area contributed by atoms with Crippen LogP contribution in [0.15, 0.2) is 39.9 Å². The summed E-state index contributed by atoms with van der Waals surface area (Å²) in [6, 6.07) is 10.1. The number of rotatable bonds is 5. The molecule has 8 heteroatoms. The normalized spacial score (nSPS) is 14.6. The lowest BCUT2D eigenvalue weighted by atomic mass is 10.0. The van der Waals surface area contributed by atoms with Crippen LogP contribution in [0.1, 0.15) is 26.4 Å². The van der Waals surface area contributed by atoms with Gasteiger partial charge in [0.05, 0.1) is 5.56 Å². The lowest BCUT2D eigenvalue weighted by Gasteiger charge is -2.26. The second-order valence-corrected chi connectivity index (χ2v) is 7.12. The third-order valence-electron chi connectivity index (χ3n) is 4.35. The Kier molecular flexibility index (Phi) is 3.78. The van der Waals surface area contributed by atoms with Crippen molar-refractivity contribution in [1.29, 1.82) is 0 Å². The average Bonchev–Trinajstić information content (AvgIpc) is 3.01. The quantitative estimate of drug-likeness (QED) is 0.669. The van der Waals surface area contributed by atoms with Crippen molar-refractivity contribution in [3.8, 4) is 0 Å². The van der Waals surface area contributed by atoms with Crippen LogP contribution >= 0.6 is 11.3 Å². The van der Waals surface area contributed by atoms with Gasteiger partial charge in [0.1, 0.15) is 5.00 Å². The second kappa shape index (κ2) is 5.98. The molecule has 128 valence electrons. The summed E-state index contributed by atoms with van der Waals surface area (Å²) in [7, 11) is 0. The first-order chi connectivity index (χ1) is 12.0. The number of carboxylic acid groups (broad SMARTS) is 1. The molecule has 4 rings (SSSR count). The van der Waals surface area contributed by atoms with Crippen LogP contribution in [0.4, 0.5) is 5.00 Å². The largest absolute Gasteiger partial charge is 0.478 e. The molecule has 25 heavy (non-hydrogen) atoms. The number of hydrogen-bond donors (Lipinski definition) is 2. The predicted octanol–water partition coefficient (Wildman–Crippen LogP) is 1.28. The van der Waals surface area contributed by atoms with E-state index in [1.807, 2.05) is 18.2 Å². The van der Waals surface area contributed by atoms with Crippen molar-refractivity contribution in [3.05, 3.63) is 72.6 Å². The van der Waals surface area contributed by atoms with Gasteiger partial charge >= 0.3 is 17.1 Å². The minimum atomic E-state index is -1.04. The van der Waals surface area contributed by atoms with Gasteiger partial charge in [-0.05, 0) is 17.5 Å². The topological polar surface area (TPSA) is 91.6 Å². The van der Waals surface area contributed by atoms with E-state index in [1.165, 1.54) is 16.9 Å². The maximum atomic E-state index is 11.7. The molecule has 0 aliphatic carbocycles. The molecular weight excluding hydrogens is 342 g/mol. The summed E-state index contributed by atoms with van der Waals surface area (Å²) in [6.45, 7) is 2.21. The monoisotopic (exact) mass is 357 g/mol. The number of benzene rings is 1. The standard InChI is InChI=1S/C17H15N3O4S/c21-15-16(22)20(15)18-14-13(17(23)24)11-6-7-19(9-12(11)25-14)8-10-4-2-1-3-5-10/h1-5,18H,6-9H2,(H,23,24). The molecule has 0 spiro atoms. The highest BCUT2D eigenvalue weighted by Crippen LogP contribution is 2.37. The van der Waals surface area contributed by atoms with Crippen LogP contribution in [0.3, 0.4) is 0 Å². The van der Waals surface area contributed by atoms with Crippen molar-refractivity contribution in [3.63, 3.8) is 0 Å². The lowest BCUT2D eigenvalue weighted by molar-refractivity contribution is 0.0696. The maximum Gasteiger partial charge on any atom is 0.340 e. The van der Waals surface area contributed by atoms with Crippen molar-refractivity contribution in [2.24, 2.45) is 0 Å². The minimum Gasteiger partial charge on any atom is -0.478 e. The van der Waals surface area contributed by atoms with Crippen molar-refractivity contribution < 1.29 is 9.90 Å². The van der Waals surface area contributed by atoms with Gasteiger partial charge < -0.3 is 5.11 Å². The van der Waals surface area contributed by atoms with Crippen molar-refractivity contribution >= 4 is 22.3 Å². The van der Waals surface area contributed by atoms with Gasteiger partial charge in [0.25, 0.3) is 0 Å². The zero-order valence-corrected chi connectivity index (χ0v) is 14.0. The van der Waals surface area contributed by atoms with Crippen molar-refractivity contribution in [1.82, 2.24) is 9.58 Å². The summed E-state index contributed by atoms with van der Waals surface area (Å²) in [5.74, 6) is -1.04. The molecule has 1 aliphatic rings. The molecule has 0 atom stereocenters. The molecule has 0 saturated carbocycles. The Bertz CT molecular complexity index is 989. The van der Waals surface area contributed by atoms with E-state index < -0.39 is 17.1 Å². The molecule has 7 nitrogen and oxygen atoms in total. The van der Waals surface area contributed by atoms with Gasteiger partial charge in [0.2, 0.25) is 0 Å². The molecule has 3 aromatic rings. The summed E-state index contributed by atoms with van der Waals surface area (Å²) in [6.07, 6.45) is 0.629. The molecule has 1 aliphatic heterocycles. The molecule has 0 fully saturated rings. The molecule has 0 saturated heterocycles. The van der Waals surface area contributed by atoms with E-state index in [-0.39, 0.29) is 5.56 Å². The van der Waals surface area contributed by atoms with Crippen LogP contribution in [0.25, 0.3) is 0 Å². The van der Waals surface area contributed by atoms with Crippen molar-refractivity contribution in [2.75, 3.05) is 12.0 Å². The molecule has 2 N–H and O–H groups in total. The molecule has 2 aromatic heterocycles. The highest BCUT2D eigenvalue weighted by molar-refractivity contribution is 7.16. The number of hydrogen-bond acceptors (Lipinski definition) is 6. The Morgan fingerprint density at radius 3 is 2.56 bits per heavy atom. The van der Waals surface area contributed by atoms with Crippen LogP contribution in [0, 0.1) is 0 Å². The van der Waals surface area contributed by atoms with Crippen molar-refractivity contribution in [2.45, 2.75) is 19.5 Å².